The Morgan fingerprint density at radius 1 is 1.05 bits per heavy atom. The van der Waals surface area contributed by atoms with E-state index in [0.717, 1.165) is 12.1 Å². The highest BCUT2D eigenvalue weighted by molar-refractivity contribution is 5.66. The molecule has 2 N–H and O–H groups in total. The minimum Gasteiger partial charge on any atom is -0.487 e. The monoisotopic (exact) mass is 538 g/mol. The van der Waals surface area contributed by atoms with Crippen molar-refractivity contribution in [1.82, 2.24) is 29.9 Å². The second kappa shape index (κ2) is 11.0. The van der Waals surface area contributed by atoms with E-state index < -0.39 is 36.2 Å². The van der Waals surface area contributed by atoms with Crippen molar-refractivity contribution < 1.29 is 36.2 Å². The van der Waals surface area contributed by atoms with Gasteiger partial charge in [0.2, 0.25) is 0 Å². The molecule has 0 fully saturated rings. The predicted octanol–water partition coefficient (Wildman–Crippen LogP) is 4.25. The van der Waals surface area contributed by atoms with Crippen LogP contribution in [0.25, 0.3) is 12.2 Å². The summed E-state index contributed by atoms with van der Waals surface area (Å²) in [5.74, 6) is -5.52. The molecule has 4 rings (SSSR count). The van der Waals surface area contributed by atoms with E-state index in [0.29, 0.717) is 11.6 Å². The maximum atomic E-state index is 14.6. The summed E-state index contributed by atoms with van der Waals surface area (Å²) in [5, 5.41) is 21.9. The molecule has 0 bridgehead atoms. The van der Waals surface area contributed by atoms with E-state index in [2.05, 4.69) is 25.3 Å². The highest BCUT2D eigenvalue weighted by Crippen LogP contribution is 2.30. The molecule has 0 saturated carbocycles. The Bertz CT molecular complexity index is 1380. The normalized spacial score (nSPS) is 13.8. The molecule has 38 heavy (non-hydrogen) atoms. The quantitative estimate of drug-likeness (QED) is 0.277. The van der Waals surface area contributed by atoms with Gasteiger partial charge in [-0.15, -0.1) is 0 Å². The summed E-state index contributed by atoms with van der Waals surface area (Å²) in [5.41, 5.74) is -1.45. The lowest BCUT2D eigenvalue weighted by molar-refractivity contribution is -0.148. The molecule has 14 heteroatoms. The molecule has 0 radical (unpaired) electrons. The third-order valence-electron chi connectivity index (χ3n) is 5.39. The predicted molar refractivity (Wildman–Crippen MR) is 122 cm³/mol. The fourth-order valence-corrected chi connectivity index (χ4v) is 3.51. The van der Waals surface area contributed by atoms with Gasteiger partial charge in [-0.3, -0.25) is 5.10 Å². The Balaban J connectivity index is 1.45. The Morgan fingerprint density at radius 3 is 2.47 bits per heavy atom. The summed E-state index contributed by atoms with van der Waals surface area (Å²) in [7, 11) is 0. The van der Waals surface area contributed by atoms with Gasteiger partial charge >= 0.3 is 12.3 Å². The average Bonchev–Trinajstić information content (AvgIpc) is 3.53. The zero-order chi connectivity index (χ0) is 27.3. The molecule has 0 saturated heterocycles. The molecule has 0 spiro atoms. The van der Waals surface area contributed by atoms with Crippen LogP contribution < -0.4 is 4.74 Å². The fourth-order valence-electron chi connectivity index (χ4n) is 3.51. The number of nitrogens with zero attached hydrogens (tertiary/aromatic N) is 5. The molecule has 200 valence electrons. The van der Waals surface area contributed by atoms with Crippen molar-refractivity contribution >= 4 is 12.2 Å². The van der Waals surface area contributed by atoms with Gasteiger partial charge in [-0.25, -0.2) is 32.2 Å². The van der Waals surface area contributed by atoms with E-state index in [1.165, 1.54) is 47.7 Å². The third kappa shape index (κ3) is 6.56. The molecule has 2 aromatic heterocycles. The zero-order valence-corrected chi connectivity index (χ0v) is 19.4. The summed E-state index contributed by atoms with van der Waals surface area (Å²) < 4.78 is 84.5. The van der Waals surface area contributed by atoms with E-state index in [1.807, 2.05) is 0 Å². The molecule has 0 aliphatic carbocycles. The third-order valence-corrected chi connectivity index (χ3v) is 5.39. The minimum absolute atomic E-state index is 0.0102. The smallest absolute Gasteiger partial charge is 0.340 e. The number of alkyl halides is 4. The van der Waals surface area contributed by atoms with Crippen molar-refractivity contribution in [3.63, 3.8) is 0 Å². The highest BCUT2D eigenvalue weighted by Gasteiger charge is 2.41. The van der Waals surface area contributed by atoms with Crippen LogP contribution in [0.1, 0.15) is 22.8 Å². The number of hydrogen-bond donors (Lipinski definition) is 2. The molecule has 8 nitrogen and oxygen atoms in total. The molecule has 2 aromatic carbocycles. The van der Waals surface area contributed by atoms with Crippen molar-refractivity contribution in [1.29, 1.82) is 0 Å². The highest BCUT2D eigenvalue weighted by atomic mass is 19.3. The number of nitrogens with one attached hydrogen (secondary N) is 1. The summed E-state index contributed by atoms with van der Waals surface area (Å²) in [6.45, 7) is -1.71. The summed E-state index contributed by atoms with van der Waals surface area (Å²) in [6.07, 6.45) is 1.64. The van der Waals surface area contributed by atoms with Crippen molar-refractivity contribution in [2.24, 2.45) is 0 Å². The number of halogens is 6. The van der Waals surface area contributed by atoms with E-state index in [1.54, 1.807) is 6.08 Å². The summed E-state index contributed by atoms with van der Waals surface area (Å²) in [4.78, 5) is 8.08. The van der Waals surface area contributed by atoms with Crippen LogP contribution in [0.3, 0.4) is 0 Å². The maximum Gasteiger partial charge on any atom is 0.340 e. The number of rotatable bonds is 11. The molecule has 0 aliphatic rings. The van der Waals surface area contributed by atoms with Crippen molar-refractivity contribution in [2.75, 3.05) is 6.61 Å². The maximum absolute atomic E-state index is 14.6. The lowest BCUT2D eigenvalue weighted by Crippen LogP contribution is -2.35. The first-order valence-electron chi connectivity index (χ1n) is 11.0. The van der Waals surface area contributed by atoms with E-state index >= 15 is 0 Å². The molecular weight excluding hydrogens is 518 g/mol. The van der Waals surface area contributed by atoms with Gasteiger partial charge in [0.25, 0.3) is 0 Å². The van der Waals surface area contributed by atoms with Crippen LogP contribution in [0, 0.1) is 11.6 Å². The van der Waals surface area contributed by atoms with Gasteiger partial charge < -0.3 is 9.84 Å². The van der Waals surface area contributed by atoms with Gasteiger partial charge in [0.1, 0.15) is 41.5 Å². The largest absolute Gasteiger partial charge is 0.487 e. The van der Waals surface area contributed by atoms with Crippen LogP contribution in [-0.4, -0.2) is 54.0 Å². The van der Waals surface area contributed by atoms with E-state index in [-0.39, 0.29) is 35.9 Å². The molecule has 0 aliphatic heterocycles. The van der Waals surface area contributed by atoms with Crippen LogP contribution in [0.2, 0.25) is 0 Å². The molecular formula is C24H20F6N6O2. The van der Waals surface area contributed by atoms with Gasteiger partial charge in [0.05, 0.1) is 6.54 Å². The molecule has 2 heterocycles. The number of aromatic nitrogens is 6. The van der Waals surface area contributed by atoms with Crippen molar-refractivity contribution in [3.8, 4) is 5.75 Å². The second-order valence-electron chi connectivity index (χ2n) is 8.32. The number of benzene rings is 2. The van der Waals surface area contributed by atoms with Gasteiger partial charge in [0, 0.05) is 18.1 Å². The van der Waals surface area contributed by atoms with Crippen molar-refractivity contribution in [3.05, 3.63) is 89.5 Å². The number of aromatic amines is 1. The summed E-state index contributed by atoms with van der Waals surface area (Å²) in [6, 6.07) is 8.54. The standard InChI is InChI=1S/C24H20F6N6O2/c25-16-4-7-18(19(26)9-16)23(37,10-21-31-13-33-34-21)11-36-14-32-20(35-36)8-3-15-1-5-17(6-2-15)38-12-24(29,30)22(27)28/h1-9,13-14,22,37H,10-12H2,(H,31,33,34). The topological polar surface area (TPSA) is 102 Å². The number of ether oxygens (including phenoxy) is 1. The number of hydrogen-bond acceptors (Lipinski definition) is 6. The molecule has 4 aromatic rings. The lowest BCUT2D eigenvalue weighted by atomic mass is 9.89. The molecule has 1 unspecified atom stereocenters. The van der Waals surface area contributed by atoms with Gasteiger partial charge in [-0.05, 0) is 29.8 Å². The van der Waals surface area contributed by atoms with Gasteiger partial charge in [0.15, 0.2) is 12.4 Å². The first kappa shape index (κ1) is 26.9. The zero-order valence-electron chi connectivity index (χ0n) is 19.4. The van der Waals surface area contributed by atoms with Crippen LogP contribution in [-0.2, 0) is 18.6 Å². The fraction of sp³-hybridized carbons (Fsp3) is 0.250. The first-order valence-corrected chi connectivity index (χ1v) is 11.0. The number of aliphatic hydroxyl groups is 1. The average molecular weight is 538 g/mol. The van der Waals surface area contributed by atoms with Crippen LogP contribution in [0.4, 0.5) is 26.3 Å². The molecule has 1 atom stereocenters. The van der Waals surface area contributed by atoms with E-state index in [9.17, 15) is 31.4 Å². The Morgan fingerprint density at radius 2 is 1.82 bits per heavy atom. The first-order chi connectivity index (χ1) is 18.0. The summed E-state index contributed by atoms with van der Waals surface area (Å²) >= 11 is 0. The lowest BCUT2D eigenvalue weighted by Gasteiger charge is -2.28. The Labute approximate surface area is 211 Å². The SMILES string of the molecule is OC(Cc1ncn[nH]1)(Cn1cnc(C=Cc2ccc(OCC(F)(F)C(F)F)cc2)n1)c1ccc(F)cc1F. The van der Waals surface area contributed by atoms with Crippen molar-refractivity contribution in [2.45, 2.75) is 30.9 Å². The van der Waals surface area contributed by atoms with Gasteiger partial charge in [-0.2, -0.15) is 19.0 Å². The van der Waals surface area contributed by atoms with Crippen LogP contribution >= 0.6 is 0 Å². The van der Waals surface area contributed by atoms with Crippen LogP contribution in [0.5, 0.6) is 5.75 Å². The van der Waals surface area contributed by atoms with E-state index in [4.69, 9.17) is 4.74 Å². The molecule has 0 amide bonds. The Hall–Kier alpha value is -4.20. The minimum atomic E-state index is -4.26. The number of H-pyrrole nitrogens is 1. The van der Waals surface area contributed by atoms with Gasteiger partial charge in [-0.1, -0.05) is 24.3 Å². The Kier molecular flexibility index (Phi) is 7.80. The second-order valence-corrected chi connectivity index (χ2v) is 8.32. The van der Waals surface area contributed by atoms with Crippen LogP contribution in [0.15, 0.2) is 55.1 Å².